The number of para-hydroxylation sites is 2. The second-order valence-electron chi connectivity index (χ2n) is 4.78. The van der Waals surface area contributed by atoms with Crippen molar-refractivity contribution in [1.82, 2.24) is 0 Å². The molecule has 0 saturated carbocycles. The van der Waals surface area contributed by atoms with Crippen LogP contribution in [0.15, 0.2) is 69.3 Å². The van der Waals surface area contributed by atoms with Crippen molar-refractivity contribution in [3.63, 3.8) is 0 Å². The molecule has 0 saturated heterocycles. The summed E-state index contributed by atoms with van der Waals surface area (Å²) in [4.78, 5) is 8.76. The van der Waals surface area contributed by atoms with E-state index in [9.17, 15) is 10.2 Å². The zero-order valence-corrected chi connectivity index (χ0v) is 12.9. The summed E-state index contributed by atoms with van der Waals surface area (Å²) >= 11 is 1.49. The van der Waals surface area contributed by atoms with Gasteiger partial charge in [0.15, 0.2) is 0 Å². The van der Waals surface area contributed by atoms with Crippen molar-refractivity contribution < 1.29 is 10.2 Å². The van der Waals surface area contributed by atoms with E-state index < -0.39 is 0 Å². The van der Waals surface area contributed by atoms with E-state index in [4.69, 9.17) is 0 Å². The van der Waals surface area contributed by atoms with Crippen LogP contribution in [-0.2, 0) is 0 Å². The Kier molecular flexibility index (Phi) is 4.49. The summed E-state index contributed by atoms with van der Waals surface area (Å²) in [5.41, 5.74) is 2.72. The minimum absolute atomic E-state index is 0.186. The number of aliphatic imine (C=N–C) groups is 2. The van der Waals surface area contributed by atoms with Crippen LogP contribution >= 0.6 is 11.3 Å². The zero-order chi connectivity index (χ0) is 16.1. The summed E-state index contributed by atoms with van der Waals surface area (Å²) in [6, 6.07) is 14.0. The molecule has 3 rings (SSSR count). The number of hydrogen-bond acceptors (Lipinski definition) is 5. The molecule has 3 aromatic rings. The molecule has 0 unspecified atom stereocenters. The first-order valence-corrected chi connectivity index (χ1v) is 7.88. The van der Waals surface area contributed by atoms with E-state index in [0.717, 1.165) is 0 Å². The van der Waals surface area contributed by atoms with Gasteiger partial charge >= 0.3 is 0 Å². The number of phenols is 2. The fourth-order valence-corrected chi connectivity index (χ4v) is 2.64. The zero-order valence-electron chi connectivity index (χ0n) is 12.1. The number of aromatic hydroxyl groups is 2. The minimum atomic E-state index is 0.186. The van der Waals surface area contributed by atoms with Crippen molar-refractivity contribution in [2.24, 2.45) is 9.98 Å². The molecule has 2 aromatic carbocycles. The molecule has 5 heteroatoms. The van der Waals surface area contributed by atoms with E-state index in [1.807, 2.05) is 22.9 Å². The summed E-state index contributed by atoms with van der Waals surface area (Å²) in [6.07, 6.45) is 3.22. The lowest BCUT2D eigenvalue weighted by Crippen LogP contribution is -1.81. The number of benzene rings is 2. The van der Waals surface area contributed by atoms with Gasteiger partial charge in [-0.25, -0.2) is 0 Å². The van der Waals surface area contributed by atoms with Gasteiger partial charge in [-0.2, -0.15) is 0 Å². The Labute approximate surface area is 137 Å². The maximum Gasteiger partial charge on any atom is 0.124 e. The quantitative estimate of drug-likeness (QED) is 0.686. The molecule has 23 heavy (non-hydrogen) atoms. The van der Waals surface area contributed by atoms with Crippen LogP contribution in [0.1, 0.15) is 11.1 Å². The van der Waals surface area contributed by atoms with Crippen LogP contribution in [-0.4, -0.2) is 22.6 Å². The molecule has 1 aromatic heterocycles. The number of phenolic OH excluding ortho intramolecular Hbond substituents is 2. The highest BCUT2D eigenvalue weighted by Crippen LogP contribution is 2.32. The van der Waals surface area contributed by atoms with Crippen molar-refractivity contribution >= 4 is 35.1 Å². The lowest BCUT2D eigenvalue weighted by atomic mass is 10.2. The fraction of sp³-hybridized carbons (Fsp3) is 0. The molecule has 114 valence electrons. The first-order chi connectivity index (χ1) is 11.2. The summed E-state index contributed by atoms with van der Waals surface area (Å²) in [6.45, 7) is 0. The number of hydrogen-bond donors (Lipinski definition) is 2. The van der Waals surface area contributed by atoms with Gasteiger partial charge in [0.1, 0.15) is 11.5 Å². The Bertz CT molecular complexity index is 799. The highest BCUT2D eigenvalue weighted by Gasteiger charge is 2.02. The van der Waals surface area contributed by atoms with Crippen LogP contribution in [0.3, 0.4) is 0 Å². The first-order valence-electron chi connectivity index (χ1n) is 6.94. The normalized spacial score (nSPS) is 11.5. The Morgan fingerprint density at radius 3 is 1.57 bits per heavy atom. The van der Waals surface area contributed by atoms with E-state index in [2.05, 4.69) is 9.98 Å². The molecule has 0 amide bonds. The van der Waals surface area contributed by atoms with E-state index in [1.165, 1.54) is 11.3 Å². The monoisotopic (exact) mass is 322 g/mol. The third-order valence-corrected chi connectivity index (χ3v) is 3.90. The van der Waals surface area contributed by atoms with Crippen LogP contribution in [0.2, 0.25) is 0 Å². The predicted octanol–water partition coefficient (Wildman–Crippen LogP) is 4.66. The second kappa shape index (κ2) is 6.89. The van der Waals surface area contributed by atoms with E-state index in [0.29, 0.717) is 22.5 Å². The van der Waals surface area contributed by atoms with Gasteiger partial charge in [0.2, 0.25) is 0 Å². The number of nitrogens with zero attached hydrogens (tertiary/aromatic N) is 2. The van der Waals surface area contributed by atoms with Crippen LogP contribution in [0.4, 0.5) is 11.4 Å². The summed E-state index contributed by atoms with van der Waals surface area (Å²) in [7, 11) is 0. The van der Waals surface area contributed by atoms with Crippen molar-refractivity contribution in [3.05, 3.63) is 70.4 Å². The van der Waals surface area contributed by atoms with Crippen LogP contribution in [0.25, 0.3) is 0 Å². The minimum Gasteiger partial charge on any atom is -0.507 e. The van der Waals surface area contributed by atoms with Crippen LogP contribution in [0, 0.1) is 0 Å². The predicted molar refractivity (Wildman–Crippen MR) is 95.0 cm³/mol. The topological polar surface area (TPSA) is 65.2 Å². The van der Waals surface area contributed by atoms with E-state index >= 15 is 0 Å². The molecule has 0 aliphatic rings. The maximum atomic E-state index is 9.74. The summed E-state index contributed by atoms with van der Waals surface area (Å²) in [5, 5.41) is 23.3. The second-order valence-corrected chi connectivity index (χ2v) is 5.52. The number of thiophene rings is 1. The molecule has 0 atom stereocenters. The van der Waals surface area contributed by atoms with Crippen molar-refractivity contribution in [2.45, 2.75) is 0 Å². The Morgan fingerprint density at radius 2 is 1.13 bits per heavy atom. The van der Waals surface area contributed by atoms with Crippen molar-refractivity contribution in [3.8, 4) is 11.5 Å². The van der Waals surface area contributed by atoms with Gasteiger partial charge < -0.3 is 10.2 Å². The Hall–Kier alpha value is -2.92. The number of rotatable bonds is 4. The lowest BCUT2D eigenvalue weighted by Gasteiger charge is -1.98. The lowest BCUT2D eigenvalue weighted by molar-refractivity contribution is 0.474. The molecule has 0 bridgehead atoms. The van der Waals surface area contributed by atoms with Crippen molar-refractivity contribution in [1.29, 1.82) is 0 Å². The SMILES string of the molecule is Oc1ccccc1C=Nc1cscc1N=Cc1ccccc1O. The Morgan fingerprint density at radius 1 is 0.696 bits per heavy atom. The summed E-state index contributed by atoms with van der Waals surface area (Å²) < 4.78 is 0. The molecular formula is C18H14N2O2S. The average Bonchev–Trinajstić information content (AvgIpc) is 3.01. The van der Waals surface area contributed by atoms with Gasteiger partial charge in [-0.05, 0) is 24.3 Å². The van der Waals surface area contributed by atoms with Gasteiger partial charge in [0.25, 0.3) is 0 Å². The fourth-order valence-electron chi connectivity index (χ4n) is 1.95. The molecule has 0 aliphatic heterocycles. The molecule has 4 nitrogen and oxygen atoms in total. The highest BCUT2D eigenvalue weighted by atomic mass is 32.1. The molecule has 0 aliphatic carbocycles. The van der Waals surface area contributed by atoms with Crippen molar-refractivity contribution in [2.75, 3.05) is 0 Å². The third kappa shape index (κ3) is 3.64. The molecule has 2 N–H and O–H groups in total. The molecule has 1 heterocycles. The van der Waals surface area contributed by atoms with Gasteiger partial charge in [-0.15, -0.1) is 11.3 Å². The van der Waals surface area contributed by atoms with Gasteiger partial charge in [-0.3, -0.25) is 9.98 Å². The van der Waals surface area contributed by atoms with Gasteiger partial charge in [-0.1, -0.05) is 24.3 Å². The van der Waals surface area contributed by atoms with Gasteiger partial charge in [0.05, 0.1) is 11.4 Å². The largest absolute Gasteiger partial charge is 0.507 e. The third-order valence-electron chi connectivity index (χ3n) is 3.18. The first kappa shape index (κ1) is 15.0. The van der Waals surface area contributed by atoms with Crippen LogP contribution in [0.5, 0.6) is 11.5 Å². The average molecular weight is 322 g/mol. The smallest absolute Gasteiger partial charge is 0.124 e. The standard InChI is InChI=1S/C18H14N2O2S/c21-17-7-3-1-5-13(17)9-19-15-11-23-12-16(15)20-10-14-6-2-4-8-18(14)22/h1-12,21-22H. The van der Waals surface area contributed by atoms with E-state index in [1.54, 1.807) is 48.8 Å². The highest BCUT2D eigenvalue weighted by molar-refractivity contribution is 7.08. The molecule has 0 radical (unpaired) electrons. The molecule has 0 fully saturated rings. The van der Waals surface area contributed by atoms with E-state index in [-0.39, 0.29) is 11.5 Å². The Balaban J connectivity index is 1.83. The molecular weight excluding hydrogens is 308 g/mol. The molecule has 0 spiro atoms. The van der Waals surface area contributed by atoms with Crippen LogP contribution < -0.4 is 0 Å². The summed E-state index contributed by atoms with van der Waals surface area (Å²) in [5.74, 6) is 0.372. The van der Waals surface area contributed by atoms with Gasteiger partial charge in [0, 0.05) is 34.3 Å². The maximum absolute atomic E-state index is 9.74.